The Morgan fingerprint density at radius 3 is 2.71 bits per heavy atom. The van der Waals surface area contributed by atoms with E-state index in [0.717, 1.165) is 60.6 Å². The van der Waals surface area contributed by atoms with Crippen molar-refractivity contribution in [2.45, 2.75) is 51.9 Å². The molecule has 1 aromatic carbocycles. The van der Waals surface area contributed by atoms with Crippen LogP contribution >= 0.6 is 0 Å². The van der Waals surface area contributed by atoms with Gasteiger partial charge in [-0.3, -0.25) is 14.9 Å². The van der Waals surface area contributed by atoms with Crippen LogP contribution in [0.15, 0.2) is 35.3 Å². The minimum absolute atomic E-state index is 0.0209. The van der Waals surface area contributed by atoms with E-state index < -0.39 is 18.1 Å². The summed E-state index contributed by atoms with van der Waals surface area (Å²) in [7, 11) is 3.26. The highest BCUT2D eigenvalue weighted by Gasteiger charge is 2.24. The van der Waals surface area contributed by atoms with Gasteiger partial charge in [-0.15, -0.1) is 0 Å². The normalized spacial score (nSPS) is 16.5. The fourth-order valence-corrected chi connectivity index (χ4v) is 4.70. The summed E-state index contributed by atoms with van der Waals surface area (Å²) in [5.41, 5.74) is 4.34. The van der Waals surface area contributed by atoms with Crippen molar-refractivity contribution in [1.82, 2.24) is 19.4 Å². The Kier molecular flexibility index (Phi) is 7.69. The van der Waals surface area contributed by atoms with E-state index in [-0.39, 0.29) is 5.56 Å². The lowest BCUT2D eigenvalue weighted by Crippen LogP contribution is -2.45. The van der Waals surface area contributed by atoms with Crippen LogP contribution in [0.25, 0.3) is 22.4 Å². The lowest BCUT2D eigenvalue weighted by Gasteiger charge is -2.23. The maximum absolute atomic E-state index is 12.3. The molecule has 0 spiro atoms. The molecule has 1 aliphatic rings. The number of hydrogen-bond donors (Lipinski definition) is 2. The number of pyridine rings is 1. The van der Waals surface area contributed by atoms with Gasteiger partial charge in [0.25, 0.3) is 5.56 Å². The zero-order chi connectivity index (χ0) is 25.1. The van der Waals surface area contributed by atoms with E-state index in [1.807, 2.05) is 37.4 Å². The first-order valence-corrected chi connectivity index (χ1v) is 12.0. The first-order valence-electron chi connectivity index (χ1n) is 12.0. The van der Waals surface area contributed by atoms with E-state index in [4.69, 9.17) is 14.5 Å². The summed E-state index contributed by atoms with van der Waals surface area (Å²) < 4.78 is 14.6. The van der Waals surface area contributed by atoms with Crippen LogP contribution in [0.3, 0.4) is 0 Å². The second-order valence-electron chi connectivity index (χ2n) is 9.39. The number of imidazole rings is 1. The third-order valence-corrected chi connectivity index (χ3v) is 6.85. The summed E-state index contributed by atoms with van der Waals surface area (Å²) in [6.07, 6.45) is 3.38. The monoisotopic (exact) mass is 482 g/mol. The highest BCUT2D eigenvalue weighted by atomic mass is 16.5. The van der Waals surface area contributed by atoms with Gasteiger partial charge in [-0.2, -0.15) is 0 Å². The van der Waals surface area contributed by atoms with Crippen LogP contribution in [0.5, 0.6) is 0 Å². The van der Waals surface area contributed by atoms with Gasteiger partial charge >= 0.3 is 5.97 Å². The topological polar surface area (TPSA) is 108 Å². The van der Waals surface area contributed by atoms with E-state index >= 15 is 0 Å². The van der Waals surface area contributed by atoms with Gasteiger partial charge in [0.05, 0.1) is 17.1 Å². The van der Waals surface area contributed by atoms with Crippen LogP contribution in [0.1, 0.15) is 30.9 Å². The number of nitrogens with one attached hydrogen (secondary N) is 1. The van der Waals surface area contributed by atoms with Crippen molar-refractivity contribution < 1.29 is 19.4 Å². The molecule has 9 nitrogen and oxygen atoms in total. The number of rotatable bonds is 9. The average Bonchev–Trinajstić information content (AvgIpc) is 3.20. The number of benzene rings is 1. The van der Waals surface area contributed by atoms with Gasteiger partial charge in [0, 0.05) is 57.8 Å². The number of aryl methyl sites for hydroxylation is 2. The standard InChI is InChI=1S/C26H34N4O5/c1-16-11-20(15-29(3)25(16)31)24-28-21-12-19(13-27-23(26(32)33)17(2)34-4)5-6-22(21)30(24)14-18-7-9-35-10-8-18/h5-6,11-12,15,17-18,23,27H,7-10,13-14H2,1-4H3,(H,32,33). The lowest BCUT2D eigenvalue weighted by molar-refractivity contribution is -0.142. The van der Waals surface area contributed by atoms with Gasteiger partial charge in [-0.05, 0) is 56.4 Å². The van der Waals surface area contributed by atoms with E-state index in [1.165, 1.54) is 7.11 Å². The van der Waals surface area contributed by atoms with Gasteiger partial charge < -0.3 is 23.7 Å². The van der Waals surface area contributed by atoms with Crippen LogP contribution in [0.2, 0.25) is 0 Å². The largest absolute Gasteiger partial charge is 0.480 e. The van der Waals surface area contributed by atoms with E-state index in [9.17, 15) is 14.7 Å². The maximum atomic E-state index is 12.3. The van der Waals surface area contributed by atoms with Crippen LogP contribution < -0.4 is 10.9 Å². The molecule has 35 heavy (non-hydrogen) atoms. The van der Waals surface area contributed by atoms with Crippen molar-refractivity contribution in [3.05, 3.63) is 51.9 Å². The summed E-state index contributed by atoms with van der Waals surface area (Å²) in [5, 5.41) is 12.6. The van der Waals surface area contributed by atoms with Crippen molar-refractivity contribution in [3.8, 4) is 11.4 Å². The molecule has 2 aromatic heterocycles. The summed E-state index contributed by atoms with van der Waals surface area (Å²) in [6, 6.07) is 7.13. The minimum Gasteiger partial charge on any atom is -0.480 e. The van der Waals surface area contributed by atoms with Gasteiger partial charge in [-0.1, -0.05) is 6.07 Å². The van der Waals surface area contributed by atoms with Crippen LogP contribution in [0.4, 0.5) is 0 Å². The molecule has 3 aromatic rings. The van der Waals surface area contributed by atoms with Crippen LogP contribution in [-0.4, -0.2) is 57.7 Å². The fraction of sp³-hybridized carbons (Fsp3) is 0.500. The molecule has 2 N–H and O–H groups in total. The Labute approximate surface area is 204 Å². The third kappa shape index (κ3) is 5.47. The van der Waals surface area contributed by atoms with Crippen molar-refractivity contribution in [2.75, 3.05) is 20.3 Å². The van der Waals surface area contributed by atoms with Gasteiger partial charge in [0.2, 0.25) is 0 Å². The number of fused-ring (bicyclic) bond motifs is 1. The minimum atomic E-state index is -0.950. The molecule has 0 bridgehead atoms. The molecule has 0 aliphatic carbocycles. The molecule has 188 valence electrons. The number of aliphatic carboxylic acids is 1. The number of carboxylic acid groups (broad SMARTS) is 1. The quantitative estimate of drug-likeness (QED) is 0.483. The number of methoxy groups -OCH3 is 1. The van der Waals surface area contributed by atoms with Crippen LogP contribution in [0, 0.1) is 12.8 Å². The summed E-state index contributed by atoms with van der Waals surface area (Å²) in [5.74, 6) is 0.363. The van der Waals surface area contributed by atoms with E-state index in [1.54, 1.807) is 18.5 Å². The zero-order valence-electron chi connectivity index (χ0n) is 20.8. The summed E-state index contributed by atoms with van der Waals surface area (Å²) >= 11 is 0. The molecule has 2 unspecified atom stereocenters. The van der Waals surface area contributed by atoms with Crippen molar-refractivity contribution in [1.29, 1.82) is 0 Å². The Balaban J connectivity index is 1.71. The smallest absolute Gasteiger partial charge is 0.323 e. The molecular weight excluding hydrogens is 448 g/mol. The molecule has 0 amide bonds. The Morgan fingerprint density at radius 1 is 1.31 bits per heavy atom. The fourth-order valence-electron chi connectivity index (χ4n) is 4.70. The molecule has 1 saturated heterocycles. The van der Waals surface area contributed by atoms with E-state index in [2.05, 4.69) is 9.88 Å². The first kappa shape index (κ1) is 25.1. The van der Waals surface area contributed by atoms with Crippen molar-refractivity contribution in [2.24, 2.45) is 13.0 Å². The Bertz CT molecular complexity index is 1230. The molecule has 0 radical (unpaired) electrons. The summed E-state index contributed by atoms with van der Waals surface area (Å²) in [6.45, 7) is 6.29. The second kappa shape index (κ2) is 10.7. The first-order chi connectivity index (χ1) is 16.8. The number of hydrogen-bond acceptors (Lipinski definition) is 6. The SMILES string of the molecule is COC(C)C(NCc1ccc2c(c1)nc(-c1cc(C)c(=O)n(C)c1)n2CC1CCOCC1)C(=O)O. The number of carboxylic acids is 1. The molecule has 0 saturated carbocycles. The molecule has 9 heteroatoms. The molecule has 1 aliphatic heterocycles. The summed E-state index contributed by atoms with van der Waals surface area (Å²) in [4.78, 5) is 28.9. The Morgan fingerprint density at radius 2 is 2.06 bits per heavy atom. The zero-order valence-corrected chi connectivity index (χ0v) is 20.8. The number of aromatic nitrogens is 3. The average molecular weight is 483 g/mol. The number of nitrogens with zero attached hydrogens (tertiary/aromatic N) is 3. The van der Waals surface area contributed by atoms with Gasteiger partial charge in [-0.25, -0.2) is 4.98 Å². The van der Waals surface area contributed by atoms with Gasteiger partial charge in [0.1, 0.15) is 11.9 Å². The number of ether oxygens (including phenoxy) is 2. The molecule has 3 heterocycles. The Hall–Kier alpha value is -3.01. The number of carbonyl (C=O) groups is 1. The molecule has 1 fully saturated rings. The maximum Gasteiger partial charge on any atom is 0.323 e. The van der Waals surface area contributed by atoms with Crippen molar-refractivity contribution in [3.63, 3.8) is 0 Å². The van der Waals surface area contributed by atoms with Crippen molar-refractivity contribution >= 4 is 17.0 Å². The predicted molar refractivity (Wildman–Crippen MR) is 133 cm³/mol. The highest BCUT2D eigenvalue weighted by molar-refractivity contribution is 5.81. The molecule has 4 rings (SSSR count). The predicted octanol–water partition coefficient (Wildman–Crippen LogP) is 2.71. The molecular formula is C26H34N4O5. The van der Waals surface area contributed by atoms with Gasteiger partial charge in [0.15, 0.2) is 0 Å². The highest BCUT2D eigenvalue weighted by Crippen LogP contribution is 2.29. The van der Waals surface area contributed by atoms with E-state index in [0.29, 0.717) is 18.0 Å². The second-order valence-corrected chi connectivity index (χ2v) is 9.39. The molecule has 2 atom stereocenters. The lowest BCUT2D eigenvalue weighted by atomic mass is 10.00. The van der Waals surface area contributed by atoms with Crippen LogP contribution in [-0.2, 0) is 34.4 Å². The third-order valence-electron chi connectivity index (χ3n) is 6.85.